The van der Waals surface area contributed by atoms with Crippen molar-refractivity contribution in [3.8, 4) is 0 Å². The molecule has 3 rings (SSSR count). The van der Waals surface area contributed by atoms with Gasteiger partial charge in [0.05, 0.1) is 25.9 Å². The summed E-state index contributed by atoms with van der Waals surface area (Å²) in [4.78, 5) is 0. The van der Waals surface area contributed by atoms with Gasteiger partial charge in [-0.2, -0.15) is 0 Å². The maximum atomic E-state index is 10.8. The van der Waals surface area contributed by atoms with E-state index in [1.807, 2.05) is 0 Å². The molecule has 3 heterocycles. The zero-order chi connectivity index (χ0) is 25.2. The van der Waals surface area contributed by atoms with Gasteiger partial charge < -0.3 is 74.4 Å². The van der Waals surface area contributed by atoms with Crippen molar-refractivity contribution in [2.45, 2.75) is 92.4 Å². The van der Waals surface area contributed by atoms with Gasteiger partial charge in [0, 0.05) is 13.5 Å². The van der Waals surface area contributed by atoms with Crippen molar-refractivity contribution in [1.82, 2.24) is 0 Å². The molecule has 9 N–H and O–H groups in total. The first-order valence-corrected chi connectivity index (χ1v) is 10.9. The van der Waals surface area contributed by atoms with Crippen LogP contribution in [0.2, 0.25) is 0 Å². The van der Waals surface area contributed by atoms with Crippen LogP contribution in [0.25, 0.3) is 0 Å². The number of aliphatic hydroxyl groups excluding tert-OH is 9. The van der Waals surface area contributed by atoms with Crippen LogP contribution in [0.5, 0.6) is 0 Å². The minimum atomic E-state index is -1.67. The molecule has 3 aliphatic rings. The normalized spacial score (nSPS) is 50.3. The SMILES string of the molecule is CO[C@H]1O[C@H](CO[C@H]2O[C@H](CO)[C@@H](O)[C@H](O)[C@@H]2O)[C@@H](O)[C@H](O[C@@H]2C[C@@H](O)[C@H](O)[C@@H](CO)O2)[C@@H]1O. The summed E-state index contributed by atoms with van der Waals surface area (Å²) in [6, 6.07) is 0. The Bertz CT molecular complexity index is 625. The standard InChI is InChI=1S/C19H34O15/c1-29-18-16(28)17(34-10-2-6(22)11(23)7(3-20)31-10)13(25)9(33-18)5-30-19-15(27)14(26)12(24)8(4-21)32-19/h6-28H,2-5H2,1H3/t6-,7-,8-,9-,10-,11+,12-,13-,14+,15+,16+,17+,18+,19+/m1/s1. The number of hydrogen-bond acceptors (Lipinski definition) is 15. The summed E-state index contributed by atoms with van der Waals surface area (Å²) in [5, 5.41) is 89.6. The van der Waals surface area contributed by atoms with Gasteiger partial charge in [-0.3, -0.25) is 0 Å². The highest BCUT2D eigenvalue weighted by molar-refractivity contribution is 4.93. The van der Waals surface area contributed by atoms with Crippen LogP contribution >= 0.6 is 0 Å². The molecule has 0 saturated carbocycles. The van der Waals surface area contributed by atoms with Crippen molar-refractivity contribution >= 4 is 0 Å². The molecule has 3 fully saturated rings. The fourth-order valence-electron chi connectivity index (χ4n) is 4.12. The maximum Gasteiger partial charge on any atom is 0.186 e. The first kappa shape index (κ1) is 28.0. The van der Waals surface area contributed by atoms with Crippen LogP contribution in [-0.2, 0) is 28.4 Å². The van der Waals surface area contributed by atoms with Crippen LogP contribution in [0, 0.1) is 0 Å². The molecule has 34 heavy (non-hydrogen) atoms. The molecule has 3 saturated heterocycles. The third-order valence-electron chi connectivity index (χ3n) is 6.17. The number of rotatable bonds is 8. The number of aliphatic hydroxyl groups is 9. The molecule has 14 atom stereocenters. The Hall–Kier alpha value is -0.600. The first-order chi connectivity index (χ1) is 16.1. The second-order valence-corrected chi connectivity index (χ2v) is 8.47. The molecule has 0 bridgehead atoms. The summed E-state index contributed by atoms with van der Waals surface area (Å²) >= 11 is 0. The molecule has 0 aliphatic carbocycles. The Morgan fingerprint density at radius 2 is 1.29 bits per heavy atom. The molecule has 0 amide bonds. The number of methoxy groups -OCH3 is 1. The van der Waals surface area contributed by atoms with Gasteiger partial charge in [0.1, 0.15) is 61.0 Å². The van der Waals surface area contributed by atoms with Crippen LogP contribution < -0.4 is 0 Å². The minimum Gasteiger partial charge on any atom is -0.394 e. The highest BCUT2D eigenvalue weighted by Crippen LogP contribution is 2.30. The Labute approximate surface area is 194 Å². The Balaban J connectivity index is 1.65. The molecule has 0 unspecified atom stereocenters. The second kappa shape index (κ2) is 12.1. The van der Waals surface area contributed by atoms with Crippen molar-refractivity contribution in [2.24, 2.45) is 0 Å². The van der Waals surface area contributed by atoms with Gasteiger partial charge >= 0.3 is 0 Å². The molecule has 0 spiro atoms. The van der Waals surface area contributed by atoms with E-state index < -0.39 is 106 Å². The van der Waals surface area contributed by atoms with E-state index in [0.29, 0.717) is 0 Å². The van der Waals surface area contributed by atoms with Crippen molar-refractivity contribution in [2.75, 3.05) is 26.9 Å². The van der Waals surface area contributed by atoms with Crippen LogP contribution in [0.1, 0.15) is 6.42 Å². The fraction of sp³-hybridized carbons (Fsp3) is 1.00. The lowest BCUT2D eigenvalue weighted by molar-refractivity contribution is -0.351. The van der Waals surface area contributed by atoms with E-state index in [1.54, 1.807) is 0 Å². The lowest BCUT2D eigenvalue weighted by Crippen LogP contribution is -2.63. The van der Waals surface area contributed by atoms with Crippen molar-refractivity contribution in [3.05, 3.63) is 0 Å². The average molecular weight is 502 g/mol. The Morgan fingerprint density at radius 1 is 0.676 bits per heavy atom. The summed E-state index contributed by atoms with van der Waals surface area (Å²) < 4.78 is 32.3. The lowest BCUT2D eigenvalue weighted by Gasteiger charge is -2.45. The van der Waals surface area contributed by atoms with Gasteiger partial charge in [-0.15, -0.1) is 0 Å². The van der Waals surface area contributed by atoms with Crippen LogP contribution in [0.4, 0.5) is 0 Å². The average Bonchev–Trinajstić information content (AvgIpc) is 2.82. The molecule has 15 nitrogen and oxygen atoms in total. The topological polar surface area (TPSA) is 237 Å². The second-order valence-electron chi connectivity index (χ2n) is 8.47. The van der Waals surface area contributed by atoms with Crippen molar-refractivity contribution in [1.29, 1.82) is 0 Å². The third-order valence-corrected chi connectivity index (χ3v) is 6.17. The monoisotopic (exact) mass is 502 g/mol. The van der Waals surface area contributed by atoms with Crippen molar-refractivity contribution in [3.63, 3.8) is 0 Å². The van der Waals surface area contributed by atoms with Gasteiger partial charge in [-0.1, -0.05) is 0 Å². The number of ether oxygens (including phenoxy) is 6. The molecule has 0 aromatic rings. The molecule has 0 aromatic heterocycles. The largest absolute Gasteiger partial charge is 0.394 e. The molecular formula is C19H34O15. The van der Waals surface area contributed by atoms with Gasteiger partial charge in [0.15, 0.2) is 18.9 Å². The van der Waals surface area contributed by atoms with Gasteiger partial charge in [-0.25, -0.2) is 0 Å². The first-order valence-electron chi connectivity index (χ1n) is 10.9. The zero-order valence-electron chi connectivity index (χ0n) is 18.4. The van der Waals surface area contributed by atoms with Crippen LogP contribution in [0.15, 0.2) is 0 Å². The van der Waals surface area contributed by atoms with Crippen molar-refractivity contribution < 1.29 is 74.4 Å². The van der Waals surface area contributed by atoms with E-state index in [9.17, 15) is 46.0 Å². The molecule has 3 aliphatic heterocycles. The highest BCUT2D eigenvalue weighted by Gasteiger charge is 2.50. The molecule has 0 aromatic carbocycles. The number of hydrogen-bond donors (Lipinski definition) is 9. The summed E-state index contributed by atoms with van der Waals surface area (Å²) in [6.07, 6.45) is -19.7. The summed E-state index contributed by atoms with van der Waals surface area (Å²) in [7, 11) is 1.23. The quantitative estimate of drug-likeness (QED) is 0.150. The van der Waals surface area contributed by atoms with Crippen LogP contribution in [0.3, 0.4) is 0 Å². The Kier molecular flexibility index (Phi) is 9.95. The molecule has 15 heteroatoms. The Morgan fingerprint density at radius 3 is 1.91 bits per heavy atom. The van der Waals surface area contributed by atoms with E-state index in [1.165, 1.54) is 7.11 Å². The van der Waals surface area contributed by atoms with Gasteiger partial charge in [0.2, 0.25) is 0 Å². The van der Waals surface area contributed by atoms with E-state index in [0.717, 1.165) is 0 Å². The van der Waals surface area contributed by atoms with Gasteiger partial charge in [-0.05, 0) is 0 Å². The predicted molar refractivity (Wildman–Crippen MR) is 105 cm³/mol. The molecule has 0 radical (unpaired) electrons. The highest BCUT2D eigenvalue weighted by atomic mass is 16.7. The maximum absolute atomic E-state index is 10.8. The van der Waals surface area contributed by atoms with Crippen LogP contribution in [-0.4, -0.2) is 159 Å². The molecule has 200 valence electrons. The lowest BCUT2D eigenvalue weighted by atomic mass is 9.97. The fourth-order valence-corrected chi connectivity index (χ4v) is 4.12. The zero-order valence-corrected chi connectivity index (χ0v) is 18.4. The molecular weight excluding hydrogens is 468 g/mol. The van der Waals surface area contributed by atoms with E-state index in [2.05, 4.69) is 0 Å². The van der Waals surface area contributed by atoms with E-state index in [-0.39, 0.29) is 6.42 Å². The van der Waals surface area contributed by atoms with Gasteiger partial charge in [0.25, 0.3) is 0 Å². The van der Waals surface area contributed by atoms with E-state index in [4.69, 9.17) is 28.4 Å². The summed E-state index contributed by atoms with van der Waals surface area (Å²) in [5.74, 6) is 0. The smallest absolute Gasteiger partial charge is 0.186 e. The van der Waals surface area contributed by atoms with E-state index >= 15 is 0 Å². The predicted octanol–water partition coefficient (Wildman–Crippen LogP) is -5.89. The summed E-state index contributed by atoms with van der Waals surface area (Å²) in [5.41, 5.74) is 0. The minimum absolute atomic E-state index is 0.210. The summed E-state index contributed by atoms with van der Waals surface area (Å²) in [6.45, 7) is -1.71. The third kappa shape index (κ3) is 5.86.